The van der Waals surface area contributed by atoms with Crippen molar-refractivity contribution in [3.05, 3.63) is 58.9 Å². The van der Waals surface area contributed by atoms with Crippen LogP contribution in [0.4, 0.5) is 4.39 Å². The third-order valence-electron chi connectivity index (χ3n) is 4.11. The first kappa shape index (κ1) is 21.2. The van der Waals surface area contributed by atoms with Crippen LogP contribution < -0.4 is 21.1 Å². The SMILES string of the molecule is CC[C@@H](N[C@@H](C)C(=O)NCCN)c1ccc(Cl)c(Oc2ccccc2)c1F. The summed E-state index contributed by atoms with van der Waals surface area (Å²) in [5.74, 6) is -0.263. The van der Waals surface area contributed by atoms with E-state index in [0.717, 1.165) is 0 Å². The highest BCUT2D eigenvalue weighted by atomic mass is 35.5. The van der Waals surface area contributed by atoms with E-state index in [0.29, 0.717) is 30.8 Å². The number of benzene rings is 2. The first-order chi connectivity index (χ1) is 13.0. The van der Waals surface area contributed by atoms with E-state index in [2.05, 4.69) is 10.6 Å². The van der Waals surface area contributed by atoms with Crippen molar-refractivity contribution in [2.24, 2.45) is 5.73 Å². The summed E-state index contributed by atoms with van der Waals surface area (Å²) < 4.78 is 20.8. The summed E-state index contributed by atoms with van der Waals surface area (Å²) in [5, 5.41) is 6.05. The summed E-state index contributed by atoms with van der Waals surface area (Å²) in [6.45, 7) is 4.39. The van der Waals surface area contributed by atoms with Crippen LogP contribution >= 0.6 is 11.6 Å². The molecule has 0 fully saturated rings. The molecule has 2 aromatic carbocycles. The fraction of sp³-hybridized carbons (Fsp3) is 0.350. The monoisotopic (exact) mass is 393 g/mol. The number of rotatable bonds is 9. The maximum atomic E-state index is 15.1. The van der Waals surface area contributed by atoms with Crippen LogP contribution in [0, 0.1) is 5.82 Å². The Labute approximate surface area is 164 Å². The molecule has 146 valence electrons. The average Bonchev–Trinajstić information content (AvgIpc) is 2.68. The van der Waals surface area contributed by atoms with E-state index in [1.165, 1.54) is 0 Å². The molecule has 1 amide bonds. The zero-order chi connectivity index (χ0) is 19.8. The lowest BCUT2D eigenvalue weighted by atomic mass is 10.0. The maximum absolute atomic E-state index is 15.1. The Balaban J connectivity index is 2.22. The molecule has 0 aromatic heterocycles. The molecule has 0 heterocycles. The third kappa shape index (κ3) is 5.66. The Kier molecular flexibility index (Phi) is 8.03. The lowest BCUT2D eigenvalue weighted by Gasteiger charge is -2.23. The van der Waals surface area contributed by atoms with Gasteiger partial charge in [-0.3, -0.25) is 10.1 Å². The number of hydrogen-bond donors (Lipinski definition) is 3. The quantitative estimate of drug-likeness (QED) is 0.606. The molecule has 5 nitrogen and oxygen atoms in total. The van der Waals surface area contributed by atoms with Crippen molar-refractivity contribution in [2.75, 3.05) is 13.1 Å². The number of hydrogen-bond acceptors (Lipinski definition) is 4. The molecule has 0 bridgehead atoms. The van der Waals surface area contributed by atoms with Crippen LogP contribution in [0.1, 0.15) is 31.9 Å². The molecule has 2 aromatic rings. The highest BCUT2D eigenvalue weighted by Crippen LogP contribution is 2.36. The van der Waals surface area contributed by atoms with E-state index in [1.54, 1.807) is 43.3 Å². The number of amides is 1. The van der Waals surface area contributed by atoms with E-state index >= 15 is 4.39 Å². The number of ether oxygens (including phenoxy) is 1. The van der Waals surface area contributed by atoms with Gasteiger partial charge in [-0.25, -0.2) is 4.39 Å². The van der Waals surface area contributed by atoms with E-state index in [-0.39, 0.29) is 22.7 Å². The molecule has 27 heavy (non-hydrogen) atoms. The first-order valence-corrected chi connectivity index (χ1v) is 9.30. The molecular formula is C20H25ClFN3O2. The zero-order valence-corrected chi connectivity index (χ0v) is 16.2. The van der Waals surface area contributed by atoms with Crippen molar-refractivity contribution in [1.29, 1.82) is 0 Å². The number of carbonyl (C=O) groups is 1. The van der Waals surface area contributed by atoms with Crippen molar-refractivity contribution in [3.8, 4) is 11.5 Å². The summed E-state index contributed by atoms with van der Waals surface area (Å²) in [7, 11) is 0. The van der Waals surface area contributed by atoms with Crippen LogP contribution in [-0.2, 0) is 4.79 Å². The van der Waals surface area contributed by atoms with E-state index < -0.39 is 11.9 Å². The van der Waals surface area contributed by atoms with Gasteiger partial charge in [-0.05, 0) is 31.5 Å². The molecule has 0 radical (unpaired) electrons. The highest BCUT2D eigenvalue weighted by Gasteiger charge is 2.23. The largest absolute Gasteiger partial charge is 0.453 e. The summed E-state index contributed by atoms with van der Waals surface area (Å²) in [5.41, 5.74) is 5.79. The van der Waals surface area contributed by atoms with Crippen LogP contribution in [0.15, 0.2) is 42.5 Å². The van der Waals surface area contributed by atoms with Gasteiger partial charge >= 0.3 is 0 Å². The van der Waals surface area contributed by atoms with Gasteiger partial charge in [-0.1, -0.05) is 42.8 Å². The van der Waals surface area contributed by atoms with Crippen molar-refractivity contribution in [3.63, 3.8) is 0 Å². The summed E-state index contributed by atoms with van der Waals surface area (Å²) in [6, 6.07) is 11.2. The molecule has 4 N–H and O–H groups in total. The van der Waals surface area contributed by atoms with Crippen LogP contribution in [0.25, 0.3) is 0 Å². The molecule has 0 aliphatic heterocycles. The van der Waals surface area contributed by atoms with Gasteiger partial charge in [-0.15, -0.1) is 0 Å². The molecule has 0 spiro atoms. The molecule has 0 saturated carbocycles. The molecule has 0 unspecified atom stereocenters. The smallest absolute Gasteiger partial charge is 0.236 e. The minimum atomic E-state index is -0.541. The minimum Gasteiger partial charge on any atom is -0.453 e. The first-order valence-electron chi connectivity index (χ1n) is 8.92. The summed E-state index contributed by atoms with van der Waals surface area (Å²) >= 11 is 6.15. The summed E-state index contributed by atoms with van der Waals surface area (Å²) in [6.07, 6.45) is 0.581. The van der Waals surface area contributed by atoms with Crippen LogP contribution in [0.5, 0.6) is 11.5 Å². The van der Waals surface area contributed by atoms with Gasteiger partial charge in [0.05, 0.1) is 11.1 Å². The number of carbonyl (C=O) groups excluding carboxylic acids is 1. The Morgan fingerprint density at radius 3 is 2.59 bits per heavy atom. The van der Waals surface area contributed by atoms with Crippen LogP contribution in [-0.4, -0.2) is 25.0 Å². The predicted octanol–water partition coefficient (Wildman–Crippen LogP) is 3.78. The van der Waals surface area contributed by atoms with Gasteiger partial charge in [-0.2, -0.15) is 0 Å². The summed E-state index contributed by atoms with van der Waals surface area (Å²) in [4.78, 5) is 12.1. The minimum absolute atomic E-state index is 0.0270. The van der Waals surface area contributed by atoms with E-state index in [4.69, 9.17) is 22.1 Å². The van der Waals surface area contributed by atoms with E-state index in [9.17, 15) is 4.79 Å². The van der Waals surface area contributed by atoms with Crippen molar-refractivity contribution < 1.29 is 13.9 Å². The van der Waals surface area contributed by atoms with Gasteiger partial charge in [0.1, 0.15) is 5.75 Å². The molecular weight excluding hydrogens is 369 g/mol. The lowest BCUT2D eigenvalue weighted by Crippen LogP contribution is -2.45. The second-order valence-corrected chi connectivity index (χ2v) is 6.53. The Morgan fingerprint density at radius 1 is 1.26 bits per heavy atom. The highest BCUT2D eigenvalue weighted by molar-refractivity contribution is 6.32. The second kappa shape index (κ2) is 10.3. The number of halogens is 2. The van der Waals surface area contributed by atoms with Gasteiger partial charge in [0.2, 0.25) is 5.91 Å². The van der Waals surface area contributed by atoms with E-state index in [1.807, 2.05) is 13.0 Å². The second-order valence-electron chi connectivity index (χ2n) is 6.12. The fourth-order valence-corrected chi connectivity index (χ4v) is 2.85. The average molecular weight is 394 g/mol. The third-order valence-corrected chi connectivity index (χ3v) is 4.41. The molecule has 7 heteroatoms. The van der Waals surface area contributed by atoms with Gasteiger partial charge in [0.15, 0.2) is 11.6 Å². The predicted molar refractivity (Wildman–Crippen MR) is 106 cm³/mol. The van der Waals surface area contributed by atoms with Crippen molar-refractivity contribution >= 4 is 17.5 Å². The number of nitrogens with two attached hydrogens (primary N) is 1. The molecule has 2 atom stereocenters. The van der Waals surface area contributed by atoms with Crippen molar-refractivity contribution in [2.45, 2.75) is 32.4 Å². The van der Waals surface area contributed by atoms with Gasteiger partial charge < -0.3 is 15.8 Å². The Morgan fingerprint density at radius 2 is 1.96 bits per heavy atom. The topological polar surface area (TPSA) is 76.4 Å². The standard InChI is InChI=1S/C20H25ClFN3O2/c1-3-17(25-13(2)20(26)24-12-11-23)15-9-10-16(21)19(18(15)22)27-14-7-5-4-6-8-14/h4-10,13,17,25H,3,11-12,23H2,1-2H3,(H,24,26)/t13-,17+/m0/s1. The van der Waals surface area contributed by atoms with Crippen LogP contribution in [0.2, 0.25) is 5.02 Å². The Hall–Kier alpha value is -2.15. The van der Waals surface area contributed by atoms with Gasteiger partial charge in [0, 0.05) is 24.7 Å². The molecule has 0 saturated heterocycles. The Bertz CT molecular complexity index is 758. The lowest BCUT2D eigenvalue weighted by molar-refractivity contribution is -0.122. The fourth-order valence-electron chi connectivity index (χ4n) is 2.67. The number of para-hydroxylation sites is 1. The molecule has 0 aliphatic rings. The molecule has 0 aliphatic carbocycles. The number of nitrogens with one attached hydrogen (secondary N) is 2. The maximum Gasteiger partial charge on any atom is 0.236 e. The molecule has 2 rings (SSSR count). The normalized spacial score (nSPS) is 13.1. The zero-order valence-electron chi connectivity index (χ0n) is 15.5. The van der Waals surface area contributed by atoms with Crippen LogP contribution in [0.3, 0.4) is 0 Å². The van der Waals surface area contributed by atoms with Crippen molar-refractivity contribution in [1.82, 2.24) is 10.6 Å². The van der Waals surface area contributed by atoms with Gasteiger partial charge in [0.25, 0.3) is 0 Å².